The van der Waals surface area contributed by atoms with E-state index in [2.05, 4.69) is 22.1 Å². The van der Waals surface area contributed by atoms with E-state index in [0.717, 1.165) is 26.2 Å². The number of aromatic carboxylic acids is 1. The van der Waals surface area contributed by atoms with Crippen molar-refractivity contribution in [1.29, 1.82) is 0 Å². The highest BCUT2D eigenvalue weighted by molar-refractivity contribution is 5.94. The van der Waals surface area contributed by atoms with Gasteiger partial charge in [0, 0.05) is 13.1 Å². The zero-order valence-corrected chi connectivity index (χ0v) is 11.1. The molecule has 0 spiro atoms. The standard InChI is InChI=1S/C13H20N4O2/c1-2-17-4-3-9(8-17)6-15-12-5-10(13(18)19)11(14)7-16-12/h5,7,9H,2-4,6,8,14H2,1H3,(H,15,16)(H,18,19). The molecule has 104 valence electrons. The van der Waals surface area contributed by atoms with Crippen LogP contribution in [0.15, 0.2) is 12.3 Å². The van der Waals surface area contributed by atoms with E-state index in [1.165, 1.54) is 18.7 Å². The number of hydrogen-bond acceptors (Lipinski definition) is 5. The van der Waals surface area contributed by atoms with Crippen LogP contribution < -0.4 is 11.1 Å². The summed E-state index contributed by atoms with van der Waals surface area (Å²) >= 11 is 0. The largest absolute Gasteiger partial charge is 0.478 e. The van der Waals surface area contributed by atoms with Gasteiger partial charge in [-0.1, -0.05) is 6.92 Å². The molecule has 19 heavy (non-hydrogen) atoms. The second kappa shape index (κ2) is 5.88. The Morgan fingerprint density at radius 2 is 2.47 bits per heavy atom. The molecule has 0 amide bonds. The molecular weight excluding hydrogens is 244 g/mol. The number of likely N-dealkylation sites (tertiary alicyclic amines) is 1. The molecule has 1 aromatic rings. The number of nitrogens with one attached hydrogen (secondary N) is 1. The van der Waals surface area contributed by atoms with Gasteiger partial charge >= 0.3 is 5.97 Å². The fourth-order valence-electron chi connectivity index (χ4n) is 2.36. The molecule has 2 rings (SSSR count). The van der Waals surface area contributed by atoms with E-state index in [1.807, 2.05) is 0 Å². The number of pyridine rings is 1. The molecule has 1 atom stereocenters. The maximum absolute atomic E-state index is 11.0. The molecular formula is C13H20N4O2. The molecule has 6 nitrogen and oxygen atoms in total. The first kappa shape index (κ1) is 13.6. The number of carboxylic acid groups (broad SMARTS) is 1. The van der Waals surface area contributed by atoms with Gasteiger partial charge in [0.2, 0.25) is 0 Å². The van der Waals surface area contributed by atoms with Gasteiger partial charge in [0.05, 0.1) is 17.4 Å². The predicted molar refractivity (Wildman–Crippen MR) is 74.3 cm³/mol. The summed E-state index contributed by atoms with van der Waals surface area (Å²) in [5.41, 5.74) is 5.85. The van der Waals surface area contributed by atoms with Crippen molar-refractivity contribution in [2.45, 2.75) is 13.3 Å². The van der Waals surface area contributed by atoms with E-state index >= 15 is 0 Å². The molecule has 1 fully saturated rings. The van der Waals surface area contributed by atoms with E-state index in [1.54, 1.807) is 0 Å². The van der Waals surface area contributed by atoms with Crippen LogP contribution in [0.25, 0.3) is 0 Å². The minimum Gasteiger partial charge on any atom is -0.478 e. The Bertz CT molecular complexity index is 464. The third kappa shape index (κ3) is 3.35. The molecule has 1 unspecified atom stereocenters. The maximum Gasteiger partial charge on any atom is 0.337 e. The van der Waals surface area contributed by atoms with E-state index in [0.29, 0.717) is 11.7 Å². The summed E-state index contributed by atoms with van der Waals surface area (Å²) in [4.78, 5) is 17.5. The minimum atomic E-state index is -1.03. The first-order chi connectivity index (χ1) is 9.10. The summed E-state index contributed by atoms with van der Waals surface area (Å²) in [5.74, 6) is 0.134. The number of hydrogen-bond donors (Lipinski definition) is 3. The van der Waals surface area contributed by atoms with E-state index in [-0.39, 0.29) is 11.3 Å². The third-order valence-electron chi connectivity index (χ3n) is 3.55. The number of carbonyl (C=O) groups is 1. The predicted octanol–water partition coefficient (Wildman–Crippen LogP) is 1.12. The highest BCUT2D eigenvalue weighted by atomic mass is 16.4. The molecule has 2 heterocycles. The second-order valence-corrected chi connectivity index (χ2v) is 4.89. The maximum atomic E-state index is 11.0. The summed E-state index contributed by atoms with van der Waals surface area (Å²) in [6, 6.07) is 1.49. The molecule has 6 heteroatoms. The van der Waals surface area contributed by atoms with E-state index in [9.17, 15) is 4.79 Å². The average Bonchev–Trinajstić information content (AvgIpc) is 2.85. The summed E-state index contributed by atoms with van der Waals surface area (Å²) in [5, 5.41) is 12.2. The Labute approximate surface area is 112 Å². The molecule has 1 aliphatic heterocycles. The lowest BCUT2D eigenvalue weighted by molar-refractivity contribution is 0.0698. The van der Waals surface area contributed by atoms with Gasteiger partial charge in [-0.25, -0.2) is 9.78 Å². The molecule has 0 saturated carbocycles. The molecule has 1 aromatic heterocycles. The van der Waals surface area contributed by atoms with Crippen molar-refractivity contribution < 1.29 is 9.90 Å². The first-order valence-corrected chi connectivity index (χ1v) is 6.55. The Morgan fingerprint density at radius 3 is 3.11 bits per heavy atom. The molecule has 1 aliphatic rings. The lowest BCUT2D eigenvalue weighted by Gasteiger charge is -2.14. The van der Waals surface area contributed by atoms with Gasteiger partial charge in [0.25, 0.3) is 0 Å². The van der Waals surface area contributed by atoms with Crippen LogP contribution in [0.2, 0.25) is 0 Å². The van der Waals surface area contributed by atoms with Crippen LogP contribution in [0.5, 0.6) is 0 Å². The number of carboxylic acids is 1. The van der Waals surface area contributed by atoms with E-state index < -0.39 is 5.97 Å². The number of anilines is 2. The molecule has 0 aromatic carbocycles. The van der Waals surface area contributed by atoms with Crippen LogP contribution in [0.3, 0.4) is 0 Å². The van der Waals surface area contributed by atoms with Gasteiger partial charge < -0.3 is 21.1 Å². The van der Waals surface area contributed by atoms with Crippen LogP contribution in [0.4, 0.5) is 11.5 Å². The Balaban J connectivity index is 1.93. The van der Waals surface area contributed by atoms with Gasteiger partial charge in [-0.15, -0.1) is 0 Å². The number of rotatable bonds is 5. The monoisotopic (exact) mass is 264 g/mol. The van der Waals surface area contributed by atoms with Crippen LogP contribution in [-0.4, -0.2) is 47.1 Å². The van der Waals surface area contributed by atoms with Crippen molar-refractivity contribution in [3.8, 4) is 0 Å². The average molecular weight is 264 g/mol. The third-order valence-corrected chi connectivity index (χ3v) is 3.55. The first-order valence-electron chi connectivity index (χ1n) is 6.55. The Morgan fingerprint density at radius 1 is 1.68 bits per heavy atom. The zero-order chi connectivity index (χ0) is 13.8. The topological polar surface area (TPSA) is 91.5 Å². The van der Waals surface area contributed by atoms with Gasteiger partial charge in [-0.3, -0.25) is 0 Å². The number of nitrogen functional groups attached to an aromatic ring is 1. The minimum absolute atomic E-state index is 0.0964. The summed E-state index contributed by atoms with van der Waals surface area (Å²) in [6.45, 7) is 6.28. The SMILES string of the molecule is CCN1CCC(CNc2cc(C(=O)O)c(N)cn2)C1. The van der Waals surface area contributed by atoms with Crippen molar-refractivity contribution in [1.82, 2.24) is 9.88 Å². The summed E-state index contributed by atoms with van der Waals surface area (Å²) in [7, 11) is 0. The van der Waals surface area contributed by atoms with E-state index in [4.69, 9.17) is 10.8 Å². The zero-order valence-electron chi connectivity index (χ0n) is 11.1. The van der Waals surface area contributed by atoms with Crippen molar-refractivity contribution in [3.05, 3.63) is 17.8 Å². The lowest BCUT2D eigenvalue weighted by atomic mass is 10.1. The van der Waals surface area contributed by atoms with Gasteiger partial charge in [0.1, 0.15) is 5.82 Å². The normalized spacial score (nSPS) is 19.5. The lowest BCUT2D eigenvalue weighted by Crippen LogP contribution is -2.22. The van der Waals surface area contributed by atoms with Gasteiger partial charge in [-0.2, -0.15) is 0 Å². The summed E-state index contributed by atoms with van der Waals surface area (Å²) < 4.78 is 0. The highest BCUT2D eigenvalue weighted by Gasteiger charge is 2.21. The fourth-order valence-corrected chi connectivity index (χ4v) is 2.36. The Kier molecular flexibility index (Phi) is 4.21. The number of aromatic nitrogens is 1. The molecule has 0 aliphatic carbocycles. The molecule has 4 N–H and O–H groups in total. The second-order valence-electron chi connectivity index (χ2n) is 4.89. The quantitative estimate of drug-likeness (QED) is 0.738. The highest BCUT2D eigenvalue weighted by Crippen LogP contribution is 2.18. The molecule has 0 bridgehead atoms. The smallest absolute Gasteiger partial charge is 0.337 e. The number of nitrogens with zero attached hydrogens (tertiary/aromatic N) is 2. The number of nitrogens with two attached hydrogens (primary N) is 1. The van der Waals surface area contributed by atoms with Crippen LogP contribution in [0, 0.1) is 5.92 Å². The van der Waals surface area contributed by atoms with Crippen LogP contribution in [-0.2, 0) is 0 Å². The van der Waals surface area contributed by atoms with Crippen LogP contribution in [0.1, 0.15) is 23.7 Å². The fraction of sp³-hybridized carbons (Fsp3) is 0.538. The van der Waals surface area contributed by atoms with Crippen molar-refractivity contribution in [3.63, 3.8) is 0 Å². The molecule has 1 saturated heterocycles. The Hall–Kier alpha value is -1.82. The van der Waals surface area contributed by atoms with Crippen molar-refractivity contribution >= 4 is 17.5 Å². The van der Waals surface area contributed by atoms with Gasteiger partial charge in [-0.05, 0) is 31.5 Å². The summed E-state index contributed by atoms with van der Waals surface area (Å²) in [6.07, 6.45) is 2.56. The van der Waals surface area contributed by atoms with Crippen molar-refractivity contribution in [2.24, 2.45) is 5.92 Å². The van der Waals surface area contributed by atoms with Gasteiger partial charge in [0.15, 0.2) is 0 Å². The van der Waals surface area contributed by atoms with Crippen LogP contribution >= 0.6 is 0 Å². The van der Waals surface area contributed by atoms with Crippen molar-refractivity contribution in [2.75, 3.05) is 37.2 Å². The molecule has 0 radical (unpaired) electrons.